The first-order chi connectivity index (χ1) is 11.1. The molecule has 0 aromatic carbocycles. The van der Waals surface area contributed by atoms with E-state index in [1.54, 1.807) is 18.6 Å². The Morgan fingerprint density at radius 2 is 2.04 bits per heavy atom. The number of likely N-dealkylation sites (tertiary alicyclic amines) is 2. The molecule has 1 aromatic rings. The standard InChI is InChI=1S/C18H29N3O2/c1-19(2)11-12-20-9-6-18(7-10-20)5-3-8-21(15-18)17(22)16-4-13-23-14-16/h4,13-14H,3,5-12,15H2,1-2H3. The Labute approximate surface area is 139 Å². The quantitative estimate of drug-likeness (QED) is 0.853. The van der Waals surface area contributed by atoms with Crippen molar-refractivity contribution in [2.24, 2.45) is 5.41 Å². The number of rotatable bonds is 4. The fourth-order valence-corrected chi connectivity index (χ4v) is 3.95. The molecule has 2 aliphatic heterocycles. The van der Waals surface area contributed by atoms with Crippen molar-refractivity contribution in [3.05, 3.63) is 24.2 Å². The van der Waals surface area contributed by atoms with E-state index in [0.717, 1.165) is 32.6 Å². The fraction of sp³-hybridized carbons (Fsp3) is 0.722. The highest BCUT2D eigenvalue weighted by Crippen LogP contribution is 2.40. The van der Waals surface area contributed by atoms with Crippen molar-refractivity contribution in [1.82, 2.24) is 14.7 Å². The first-order valence-electron chi connectivity index (χ1n) is 8.77. The van der Waals surface area contributed by atoms with Crippen molar-refractivity contribution < 1.29 is 9.21 Å². The molecular formula is C18H29N3O2. The van der Waals surface area contributed by atoms with Crippen molar-refractivity contribution in [2.45, 2.75) is 25.7 Å². The number of hydrogen-bond donors (Lipinski definition) is 0. The van der Waals surface area contributed by atoms with Gasteiger partial charge in [0.05, 0.1) is 11.8 Å². The van der Waals surface area contributed by atoms with Crippen LogP contribution in [0.3, 0.4) is 0 Å². The average molecular weight is 319 g/mol. The molecule has 2 saturated heterocycles. The van der Waals surface area contributed by atoms with Crippen LogP contribution < -0.4 is 0 Å². The summed E-state index contributed by atoms with van der Waals surface area (Å²) in [5, 5.41) is 0. The van der Waals surface area contributed by atoms with Gasteiger partial charge < -0.3 is 19.1 Å². The molecule has 5 nitrogen and oxygen atoms in total. The lowest BCUT2D eigenvalue weighted by atomic mass is 9.72. The summed E-state index contributed by atoms with van der Waals surface area (Å²) in [6, 6.07) is 1.77. The van der Waals surface area contributed by atoms with Crippen LogP contribution in [0.1, 0.15) is 36.0 Å². The molecule has 2 aliphatic rings. The van der Waals surface area contributed by atoms with Gasteiger partial charge in [-0.2, -0.15) is 0 Å². The van der Waals surface area contributed by atoms with Crippen LogP contribution in [-0.2, 0) is 0 Å². The Morgan fingerprint density at radius 1 is 1.26 bits per heavy atom. The number of carbonyl (C=O) groups is 1. The molecule has 0 atom stereocenters. The molecule has 128 valence electrons. The maximum absolute atomic E-state index is 12.6. The van der Waals surface area contributed by atoms with Gasteiger partial charge >= 0.3 is 0 Å². The van der Waals surface area contributed by atoms with Crippen LogP contribution in [0.2, 0.25) is 0 Å². The second-order valence-corrected chi connectivity index (χ2v) is 7.49. The monoisotopic (exact) mass is 319 g/mol. The fourth-order valence-electron chi connectivity index (χ4n) is 3.95. The van der Waals surface area contributed by atoms with E-state index in [-0.39, 0.29) is 5.91 Å². The largest absolute Gasteiger partial charge is 0.472 e. The predicted octanol–water partition coefficient (Wildman–Crippen LogP) is 2.16. The van der Waals surface area contributed by atoms with E-state index in [1.807, 2.05) is 4.90 Å². The highest BCUT2D eigenvalue weighted by atomic mass is 16.3. The Hall–Kier alpha value is -1.33. The number of piperidine rings is 2. The molecule has 3 heterocycles. The molecule has 0 unspecified atom stereocenters. The third kappa shape index (κ3) is 3.96. The normalized spacial score (nSPS) is 22.0. The number of carbonyl (C=O) groups excluding carboxylic acids is 1. The molecule has 1 aromatic heterocycles. The highest BCUT2D eigenvalue weighted by Gasteiger charge is 2.39. The first kappa shape index (κ1) is 16.5. The van der Waals surface area contributed by atoms with Crippen molar-refractivity contribution >= 4 is 5.91 Å². The zero-order valence-corrected chi connectivity index (χ0v) is 14.5. The summed E-state index contributed by atoms with van der Waals surface area (Å²) in [5.74, 6) is 0.132. The van der Waals surface area contributed by atoms with Gasteiger partial charge in [0, 0.05) is 26.2 Å². The van der Waals surface area contributed by atoms with Crippen LogP contribution in [-0.4, -0.2) is 74.0 Å². The topological polar surface area (TPSA) is 39.9 Å². The molecule has 2 fully saturated rings. The van der Waals surface area contributed by atoms with E-state index in [2.05, 4.69) is 23.9 Å². The van der Waals surface area contributed by atoms with E-state index >= 15 is 0 Å². The van der Waals surface area contributed by atoms with Gasteiger partial charge in [0.25, 0.3) is 5.91 Å². The number of hydrogen-bond acceptors (Lipinski definition) is 4. The van der Waals surface area contributed by atoms with E-state index in [4.69, 9.17) is 4.42 Å². The van der Waals surface area contributed by atoms with Gasteiger partial charge in [-0.3, -0.25) is 4.79 Å². The van der Waals surface area contributed by atoms with E-state index < -0.39 is 0 Å². The molecule has 23 heavy (non-hydrogen) atoms. The van der Waals surface area contributed by atoms with Gasteiger partial charge in [0.15, 0.2) is 0 Å². The lowest BCUT2D eigenvalue weighted by molar-refractivity contribution is 0.0203. The first-order valence-corrected chi connectivity index (χ1v) is 8.77. The van der Waals surface area contributed by atoms with Crippen molar-refractivity contribution in [3.8, 4) is 0 Å². The molecule has 0 N–H and O–H groups in total. The van der Waals surface area contributed by atoms with Gasteiger partial charge in [-0.05, 0) is 64.3 Å². The molecule has 0 radical (unpaired) electrons. The highest BCUT2D eigenvalue weighted by molar-refractivity contribution is 5.93. The number of amides is 1. The molecule has 0 bridgehead atoms. The predicted molar refractivity (Wildman–Crippen MR) is 90.5 cm³/mol. The van der Waals surface area contributed by atoms with Crippen molar-refractivity contribution in [1.29, 1.82) is 0 Å². The lowest BCUT2D eigenvalue weighted by Gasteiger charge is -2.47. The van der Waals surface area contributed by atoms with Crippen LogP contribution in [0.5, 0.6) is 0 Å². The summed E-state index contributed by atoms with van der Waals surface area (Å²) in [6.45, 7) is 6.41. The molecule has 0 aliphatic carbocycles. The van der Waals surface area contributed by atoms with Crippen LogP contribution in [0, 0.1) is 5.41 Å². The second kappa shape index (κ2) is 7.05. The Balaban J connectivity index is 1.55. The van der Waals surface area contributed by atoms with Gasteiger partial charge in [-0.15, -0.1) is 0 Å². The number of nitrogens with zero attached hydrogens (tertiary/aromatic N) is 3. The summed E-state index contributed by atoms with van der Waals surface area (Å²) >= 11 is 0. The zero-order valence-electron chi connectivity index (χ0n) is 14.5. The Kier molecular flexibility index (Phi) is 5.07. The van der Waals surface area contributed by atoms with Gasteiger partial charge in [-0.25, -0.2) is 0 Å². The lowest BCUT2D eigenvalue weighted by Crippen LogP contribution is -2.51. The third-order valence-electron chi connectivity index (χ3n) is 5.50. The molecule has 1 spiro atoms. The number of likely N-dealkylation sites (N-methyl/N-ethyl adjacent to an activating group) is 1. The summed E-state index contributed by atoms with van der Waals surface area (Å²) in [6.07, 6.45) is 7.97. The van der Waals surface area contributed by atoms with Crippen molar-refractivity contribution in [2.75, 3.05) is 53.4 Å². The van der Waals surface area contributed by atoms with E-state index in [1.165, 1.54) is 32.4 Å². The summed E-state index contributed by atoms with van der Waals surface area (Å²) in [4.78, 5) is 19.4. The maximum atomic E-state index is 12.6. The SMILES string of the molecule is CN(C)CCN1CCC2(CCCN(C(=O)c3ccoc3)C2)CC1. The number of furan rings is 1. The van der Waals surface area contributed by atoms with Crippen LogP contribution in [0.25, 0.3) is 0 Å². The molecule has 1 amide bonds. The molecule has 5 heteroatoms. The van der Waals surface area contributed by atoms with Gasteiger partial charge in [0.1, 0.15) is 6.26 Å². The second-order valence-electron chi connectivity index (χ2n) is 7.49. The summed E-state index contributed by atoms with van der Waals surface area (Å²) in [7, 11) is 4.26. The van der Waals surface area contributed by atoms with E-state index in [0.29, 0.717) is 11.0 Å². The zero-order chi connectivity index (χ0) is 16.3. The van der Waals surface area contributed by atoms with Crippen LogP contribution in [0.15, 0.2) is 23.0 Å². The summed E-state index contributed by atoms with van der Waals surface area (Å²) in [5.41, 5.74) is 1.03. The van der Waals surface area contributed by atoms with Gasteiger partial charge in [0.2, 0.25) is 0 Å². The average Bonchev–Trinajstić information content (AvgIpc) is 3.08. The Bertz CT molecular complexity index is 504. The van der Waals surface area contributed by atoms with Gasteiger partial charge in [-0.1, -0.05) is 0 Å². The van der Waals surface area contributed by atoms with Crippen LogP contribution >= 0.6 is 0 Å². The van der Waals surface area contributed by atoms with E-state index in [9.17, 15) is 4.79 Å². The summed E-state index contributed by atoms with van der Waals surface area (Å²) < 4.78 is 5.07. The minimum Gasteiger partial charge on any atom is -0.472 e. The molecule has 3 rings (SSSR count). The third-order valence-corrected chi connectivity index (χ3v) is 5.50. The minimum absolute atomic E-state index is 0.132. The minimum atomic E-state index is 0.132. The molecule has 0 saturated carbocycles. The molecular weight excluding hydrogens is 290 g/mol. The smallest absolute Gasteiger partial charge is 0.257 e. The maximum Gasteiger partial charge on any atom is 0.257 e. The van der Waals surface area contributed by atoms with Crippen LogP contribution in [0.4, 0.5) is 0 Å². The van der Waals surface area contributed by atoms with Crippen molar-refractivity contribution in [3.63, 3.8) is 0 Å². The Morgan fingerprint density at radius 3 is 2.70 bits per heavy atom.